The highest BCUT2D eigenvalue weighted by Gasteiger charge is 2.57. The van der Waals surface area contributed by atoms with Gasteiger partial charge < -0.3 is 10.8 Å². The highest BCUT2D eigenvalue weighted by atomic mass is 16.3. The molecule has 3 aliphatic carbocycles. The molecule has 4 N–H and O–H groups in total. The molecule has 0 amide bonds. The first-order valence-electron chi connectivity index (χ1n) is 10.9. The van der Waals surface area contributed by atoms with Gasteiger partial charge in [-0.2, -0.15) is 4.68 Å². The van der Waals surface area contributed by atoms with Crippen LogP contribution in [0.3, 0.4) is 0 Å². The van der Waals surface area contributed by atoms with E-state index in [1.807, 2.05) is 49.4 Å². The average molecular weight is 430 g/mol. The van der Waals surface area contributed by atoms with E-state index in [1.165, 1.54) is 23.7 Å². The van der Waals surface area contributed by atoms with Crippen molar-refractivity contribution in [2.45, 2.75) is 39.3 Å². The molecule has 3 aromatic heterocycles. The Labute approximate surface area is 184 Å². The number of benzene rings is 1. The molecule has 0 unspecified atom stereocenters. The Morgan fingerprint density at radius 3 is 2.59 bits per heavy atom. The van der Waals surface area contributed by atoms with Crippen molar-refractivity contribution >= 4 is 11.6 Å². The van der Waals surface area contributed by atoms with Crippen molar-refractivity contribution in [1.29, 1.82) is 0 Å². The highest BCUT2D eigenvalue weighted by molar-refractivity contribution is 5.88. The molecule has 0 spiro atoms. The van der Waals surface area contributed by atoms with E-state index in [0.717, 1.165) is 28.3 Å². The van der Waals surface area contributed by atoms with Gasteiger partial charge in [0.25, 0.3) is 0 Å². The number of hydrogen-bond acceptors (Lipinski definition) is 5. The van der Waals surface area contributed by atoms with E-state index in [2.05, 4.69) is 15.1 Å². The summed E-state index contributed by atoms with van der Waals surface area (Å²) in [4.78, 5) is 22.4. The number of aromatic amines is 1. The molecule has 8 nitrogen and oxygen atoms in total. The summed E-state index contributed by atoms with van der Waals surface area (Å²) in [5, 5.41) is 13.1. The molecule has 8 heteroatoms. The van der Waals surface area contributed by atoms with Crippen LogP contribution in [0.25, 0.3) is 28.0 Å². The molecule has 3 saturated carbocycles. The number of aliphatic hydroxyl groups is 1. The Balaban J connectivity index is 1.64. The summed E-state index contributed by atoms with van der Waals surface area (Å²) in [6, 6.07) is 13.6. The van der Waals surface area contributed by atoms with E-state index in [9.17, 15) is 9.90 Å². The number of nitrogens with two attached hydrogens (primary N) is 1. The zero-order valence-corrected chi connectivity index (χ0v) is 17.9. The second kappa shape index (κ2) is 6.74. The monoisotopic (exact) mass is 429 g/mol. The largest absolute Gasteiger partial charge is 0.428 e. The van der Waals surface area contributed by atoms with Crippen molar-refractivity contribution in [3.8, 4) is 22.4 Å². The van der Waals surface area contributed by atoms with E-state index in [0.29, 0.717) is 23.6 Å². The molecule has 3 fully saturated rings. The quantitative estimate of drug-likeness (QED) is 0.421. The molecule has 1 aromatic carbocycles. The van der Waals surface area contributed by atoms with Gasteiger partial charge in [0.2, 0.25) is 5.65 Å². The van der Waals surface area contributed by atoms with Gasteiger partial charge in [0.1, 0.15) is 5.69 Å². The number of nitrogen functional groups attached to an aromatic ring is 1. The number of H-pyrrole nitrogens is 1. The molecule has 0 saturated heterocycles. The smallest absolute Gasteiger partial charge is 0.390 e. The van der Waals surface area contributed by atoms with Crippen LogP contribution < -0.4 is 15.8 Å². The van der Waals surface area contributed by atoms with Gasteiger partial charge in [0.15, 0.2) is 0 Å². The van der Waals surface area contributed by atoms with Gasteiger partial charge in [-0.3, -0.25) is 4.98 Å². The topological polar surface area (TPSA) is 114 Å². The standard InChI is InChI=1S/C24H24N6O2/c1-14-7-17(8-18(12-31)26-14)19-20(16-5-3-2-4-6-16)27-22(25)30-21(19)28-29(23(30)32)13-24-9-15(10-24)11-24/h2-8,15,31H,9-13H2,1H3,(H2,25,26,27,28)/p+1. The summed E-state index contributed by atoms with van der Waals surface area (Å²) in [7, 11) is 0. The lowest BCUT2D eigenvalue weighted by Crippen LogP contribution is -2.56. The number of fused-ring (bicyclic) bond motifs is 1. The molecule has 32 heavy (non-hydrogen) atoms. The van der Waals surface area contributed by atoms with E-state index in [1.54, 1.807) is 4.68 Å². The fourth-order valence-corrected chi connectivity index (χ4v) is 5.49. The van der Waals surface area contributed by atoms with Crippen molar-refractivity contribution in [3.05, 3.63) is 64.3 Å². The minimum absolute atomic E-state index is 0.147. The van der Waals surface area contributed by atoms with Crippen LogP contribution in [0.1, 0.15) is 30.7 Å². The number of nitrogens with zero attached hydrogens (tertiary/aromatic N) is 4. The van der Waals surface area contributed by atoms with Gasteiger partial charge in [-0.25, -0.2) is 9.89 Å². The minimum atomic E-state index is -0.205. The minimum Gasteiger partial charge on any atom is -0.390 e. The van der Waals surface area contributed by atoms with Crippen molar-refractivity contribution in [3.63, 3.8) is 0 Å². The first kappa shape index (κ1) is 19.2. The van der Waals surface area contributed by atoms with Crippen LogP contribution in [-0.4, -0.2) is 24.9 Å². The summed E-state index contributed by atoms with van der Waals surface area (Å²) >= 11 is 0. The van der Waals surface area contributed by atoms with Crippen LogP contribution in [-0.2, 0) is 13.2 Å². The van der Waals surface area contributed by atoms with Crippen molar-refractivity contribution < 1.29 is 9.51 Å². The maximum absolute atomic E-state index is 13.3. The number of hydrogen-bond donors (Lipinski definition) is 3. The Hall–Kier alpha value is -3.52. The third-order valence-electron chi connectivity index (χ3n) is 6.98. The van der Waals surface area contributed by atoms with Gasteiger partial charge in [-0.1, -0.05) is 30.3 Å². The van der Waals surface area contributed by atoms with E-state index in [-0.39, 0.29) is 23.7 Å². The third-order valence-corrected chi connectivity index (χ3v) is 6.98. The number of aromatic nitrogens is 5. The van der Waals surface area contributed by atoms with Gasteiger partial charge in [-0.15, -0.1) is 9.38 Å². The number of nitrogens with one attached hydrogen (secondary N) is 1. The highest BCUT2D eigenvalue weighted by Crippen LogP contribution is 2.64. The first-order chi connectivity index (χ1) is 15.5. The molecule has 0 aliphatic heterocycles. The van der Waals surface area contributed by atoms with Gasteiger partial charge in [-0.05, 0) is 55.2 Å². The summed E-state index contributed by atoms with van der Waals surface area (Å²) in [5.74, 6) is 0.986. The molecule has 0 atom stereocenters. The zero-order chi connectivity index (χ0) is 22.0. The summed E-state index contributed by atoms with van der Waals surface area (Å²) in [6.45, 7) is 2.38. The number of aryl methyl sites for hydroxylation is 1. The van der Waals surface area contributed by atoms with Crippen LogP contribution in [0, 0.1) is 18.3 Å². The number of aliphatic hydroxyl groups excluding tert-OH is 1. The Bertz CT molecular complexity index is 1410. The molecular formula is C24H25N6O2+. The van der Waals surface area contributed by atoms with E-state index >= 15 is 0 Å². The molecule has 4 aromatic rings. The summed E-state index contributed by atoms with van der Waals surface area (Å²) in [6.07, 6.45) is 3.58. The predicted molar refractivity (Wildman–Crippen MR) is 120 cm³/mol. The Kier molecular flexibility index (Phi) is 4.04. The van der Waals surface area contributed by atoms with Crippen LogP contribution in [0.5, 0.6) is 0 Å². The fourth-order valence-electron chi connectivity index (χ4n) is 5.49. The summed E-state index contributed by atoms with van der Waals surface area (Å²) in [5.41, 5.74) is 11.5. The maximum Gasteiger partial charge on any atom is 0.428 e. The third kappa shape index (κ3) is 2.79. The van der Waals surface area contributed by atoms with E-state index in [4.69, 9.17) is 5.73 Å². The molecule has 2 bridgehead atoms. The molecule has 3 heterocycles. The van der Waals surface area contributed by atoms with Gasteiger partial charge in [0, 0.05) is 11.3 Å². The Morgan fingerprint density at radius 1 is 1.19 bits per heavy atom. The normalized spacial score (nSPS) is 21.4. The van der Waals surface area contributed by atoms with E-state index < -0.39 is 0 Å². The lowest BCUT2D eigenvalue weighted by atomic mass is 9.44. The Morgan fingerprint density at radius 2 is 1.94 bits per heavy atom. The molecular weight excluding hydrogens is 404 g/mol. The van der Waals surface area contributed by atoms with Gasteiger partial charge in [0.05, 0.1) is 24.4 Å². The number of rotatable bonds is 5. The zero-order valence-electron chi connectivity index (χ0n) is 17.9. The summed E-state index contributed by atoms with van der Waals surface area (Å²) < 4.78 is 3.14. The average Bonchev–Trinajstić information content (AvgIpc) is 3.06. The van der Waals surface area contributed by atoms with Crippen molar-refractivity contribution in [2.24, 2.45) is 11.3 Å². The second-order valence-corrected chi connectivity index (χ2v) is 9.35. The molecule has 7 rings (SSSR count). The molecule has 0 radical (unpaired) electrons. The maximum atomic E-state index is 13.3. The number of anilines is 1. The lowest BCUT2D eigenvalue weighted by Gasteiger charge is -2.61. The van der Waals surface area contributed by atoms with Crippen LogP contribution >= 0.6 is 0 Å². The van der Waals surface area contributed by atoms with Crippen LogP contribution in [0.4, 0.5) is 5.95 Å². The van der Waals surface area contributed by atoms with Crippen LogP contribution in [0.15, 0.2) is 47.3 Å². The molecule has 3 aliphatic rings. The lowest BCUT2D eigenvalue weighted by molar-refractivity contribution is -0.517. The second-order valence-electron chi connectivity index (χ2n) is 9.35. The van der Waals surface area contributed by atoms with Gasteiger partial charge >= 0.3 is 11.6 Å². The van der Waals surface area contributed by atoms with Crippen LogP contribution in [0.2, 0.25) is 0 Å². The first-order valence-corrected chi connectivity index (χ1v) is 10.9. The fraction of sp³-hybridized carbons (Fsp3) is 0.333. The SMILES string of the molecule is Cc1cc(-c2c(-c3ccccc3)nc(N)[n+]3c(=O)n(CC45CC(C4)C5)[nH]c23)cc(CO)n1. The van der Waals surface area contributed by atoms with Crippen molar-refractivity contribution in [2.75, 3.05) is 5.73 Å². The number of pyridine rings is 1. The predicted octanol–water partition coefficient (Wildman–Crippen LogP) is 2.22. The van der Waals surface area contributed by atoms with Crippen molar-refractivity contribution in [1.82, 2.24) is 19.7 Å². The molecule has 162 valence electrons.